The molecule has 0 heterocycles. The number of nitrogens with one attached hydrogen (secondary N) is 1. The lowest BCUT2D eigenvalue weighted by molar-refractivity contribution is 0.406. The molecule has 106 valence electrons. The van der Waals surface area contributed by atoms with Crippen molar-refractivity contribution in [3.8, 4) is 5.75 Å². The molecule has 0 spiro atoms. The topological polar surface area (TPSA) is 21.3 Å². The fourth-order valence-corrected chi connectivity index (χ4v) is 3.12. The number of hydrogen-bond donors (Lipinski definition) is 1. The summed E-state index contributed by atoms with van der Waals surface area (Å²) in [5.74, 6) is 0.903. The Bertz CT molecular complexity index is 586. The molecule has 0 fully saturated rings. The van der Waals surface area contributed by atoms with Gasteiger partial charge in [0.1, 0.15) is 5.75 Å². The molecular formula is C16H17Br2NO. The second-order valence-corrected chi connectivity index (χ2v) is 6.35. The lowest BCUT2D eigenvalue weighted by atomic mass is 10.1. The van der Waals surface area contributed by atoms with Gasteiger partial charge in [-0.3, -0.25) is 0 Å². The SMILES string of the molecule is COc1ccc(Br)cc1CNC(C)c1ccccc1Br. The molecule has 0 aliphatic carbocycles. The summed E-state index contributed by atoms with van der Waals surface area (Å²) in [6, 6.07) is 14.6. The van der Waals surface area contributed by atoms with Crippen LogP contribution in [-0.4, -0.2) is 7.11 Å². The van der Waals surface area contributed by atoms with Gasteiger partial charge in [0, 0.05) is 27.1 Å². The summed E-state index contributed by atoms with van der Waals surface area (Å²) in [5.41, 5.74) is 2.39. The molecule has 1 atom stereocenters. The number of halogens is 2. The molecule has 0 bridgehead atoms. The number of benzene rings is 2. The second kappa shape index (κ2) is 7.25. The molecule has 2 aromatic carbocycles. The van der Waals surface area contributed by atoms with E-state index in [0.717, 1.165) is 26.8 Å². The lowest BCUT2D eigenvalue weighted by Crippen LogP contribution is -2.18. The van der Waals surface area contributed by atoms with Crippen molar-refractivity contribution in [2.24, 2.45) is 0 Å². The minimum Gasteiger partial charge on any atom is -0.496 e. The number of ether oxygens (including phenoxy) is 1. The van der Waals surface area contributed by atoms with Crippen molar-refractivity contribution in [3.05, 3.63) is 62.5 Å². The summed E-state index contributed by atoms with van der Waals surface area (Å²) in [6.45, 7) is 2.91. The van der Waals surface area contributed by atoms with Crippen molar-refractivity contribution in [2.45, 2.75) is 19.5 Å². The third-order valence-corrected chi connectivity index (χ3v) is 4.43. The normalized spacial score (nSPS) is 12.2. The van der Waals surface area contributed by atoms with E-state index in [0.29, 0.717) is 0 Å². The van der Waals surface area contributed by atoms with Crippen molar-refractivity contribution in [3.63, 3.8) is 0 Å². The van der Waals surface area contributed by atoms with Crippen LogP contribution in [0, 0.1) is 0 Å². The van der Waals surface area contributed by atoms with Crippen molar-refractivity contribution >= 4 is 31.9 Å². The Morgan fingerprint density at radius 2 is 1.90 bits per heavy atom. The molecule has 0 aliphatic rings. The molecule has 2 nitrogen and oxygen atoms in total. The Kier molecular flexibility index (Phi) is 5.64. The summed E-state index contributed by atoms with van der Waals surface area (Å²) < 4.78 is 7.58. The third-order valence-electron chi connectivity index (χ3n) is 3.21. The number of rotatable bonds is 5. The Labute approximate surface area is 136 Å². The van der Waals surface area contributed by atoms with Crippen LogP contribution in [0.2, 0.25) is 0 Å². The largest absolute Gasteiger partial charge is 0.496 e. The van der Waals surface area contributed by atoms with Crippen LogP contribution in [0.1, 0.15) is 24.1 Å². The molecule has 2 rings (SSSR count). The van der Waals surface area contributed by atoms with Crippen LogP contribution in [0.4, 0.5) is 0 Å². The van der Waals surface area contributed by atoms with Gasteiger partial charge in [0.05, 0.1) is 7.11 Å². The molecule has 0 radical (unpaired) electrons. The van der Waals surface area contributed by atoms with Crippen LogP contribution in [0.25, 0.3) is 0 Å². The summed E-state index contributed by atoms with van der Waals surface area (Å²) in [6.07, 6.45) is 0. The Balaban J connectivity index is 2.09. The van der Waals surface area contributed by atoms with E-state index >= 15 is 0 Å². The van der Waals surface area contributed by atoms with E-state index in [-0.39, 0.29) is 6.04 Å². The maximum absolute atomic E-state index is 5.39. The van der Waals surface area contributed by atoms with Crippen molar-refractivity contribution < 1.29 is 4.74 Å². The van der Waals surface area contributed by atoms with Gasteiger partial charge in [-0.15, -0.1) is 0 Å². The smallest absolute Gasteiger partial charge is 0.123 e. The molecule has 4 heteroatoms. The molecular weight excluding hydrogens is 382 g/mol. The predicted molar refractivity (Wildman–Crippen MR) is 90.1 cm³/mol. The molecule has 1 unspecified atom stereocenters. The third kappa shape index (κ3) is 3.84. The first-order valence-corrected chi connectivity index (χ1v) is 8.00. The molecule has 0 aromatic heterocycles. The average molecular weight is 399 g/mol. The van der Waals surface area contributed by atoms with Crippen LogP contribution in [0.15, 0.2) is 51.4 Å². The summed E-state index contributed by atoms with van der Waals surface area (Å²) >= 11 is 7.09. The standard InChI is InChI=1S/C16H17Br2NO/c1-11(14-5-3-4-6-15(14)18)19-10-12-9-13(17)7-8-16(12)20-2/h3-9,11,19H,10H2,1-2H3. The van der Waals surface area contributed by atoms with Gasteiger partial charge in [-0.05, 0) is 36.8 Å². The van der Waals surface area contributed by atoms with Gasteiger partial charge in [-0.1, -0.05) is 50.1 Å². The minimum absolute atomic E-state index is 0.259. The summed E-state index contributed by atoms with van der Waals surface area (Å²) in [7, 11) is 1.70. The fourth-order valence-electron chi connectivity index (χ4n) is 2.08. The zero-order chi connectivity index (χ0) is 14.5. The molecule has 0 saturated heterocycles. The molecule has 0 aliphatic heterocycles. The molecule has 2 aromatic rings. The minimum atomic E-state index is 0.259. The fraction of sp³-hybridized carbons (Fsp3) is 0.250. The van der Waals surface area contributed by atoms with E-state index in [1.54, 1.807) is 7.11 Å². The Hall–Kier alpha value is -0.840. The van der Waals surface area contributed by atoms with Crippen LogP contribution < -0.4 is 10.1 Å². The Morgan fingerprint density at radius 1 is 1.15 bits per heavy atom. The zero-order valence-electron chi connectivity index (χ0n) is 11.5. The Morgan fingerprint density at radius 3 is 2.60 bits per heavy atom. The second-order valence-electron chi connectivity index (χ2n) is 4.58. The molecule has 0 saturated carbocycles. The highest BCUT2D eigenvalue weighted by atomic mass is 79.9. The van der Waals surface area contributed by atoms with Crippen molar-refractivity contribution in [1.82, 2.24) is 5.32 Å². The van der Waals surface area contributed by atoms with E-state index in [2.05, 4.69) is 68.4 Å². The van der Waals surface area contributed by atoms with Gasteiger partial charge in [0.15, 0.2) is 0 Å². The van der Waals surface area contributed by atoms with Gasteiger partial charge in [-0.2, -0.15) is 0 Å². The number of methoxy groups -OCH3 is 1. The monoisotopic (exact) mass is 397 g/mol. The predicted octanol–water partition coefficient (Wildman–Crippen LogP) is 5.07. The van der Waals surface area contributed by atoms with Gasteiger partial charge < -0.3 is 10.1 Å². The summed E-state index contributed by atoms with van der Waals surface area (Å²) in [4.78, 5) is 0. The first-order chi connectivity index (χ1) is 9.61. The van der Waals surface area contributed by atoms with E-state index < -0.39 is 0 Å². The highest BCUT2D eigenvalue weighted by Gasteiger charge is 2.10. The average Bonchev–Trinajstić information content (AvgIpc) is 2.45. The van der Waals surface area contributed by atoms with Crippen LogP contribution in [-0.2, 0) is 6.54 Å². The highest BCUT2D eigenvalue weighted by Crippen LogP contribution is 2.26. The van der Waals surface area contributed by atoms with Gasteiger partial charge in [0.25, 0.3) is 0 Å². The van der Waals surface area contributed by atoms with Gasteiger partial charge >= 0.3 is 0 Å². The van der Waals surface area contributed by atoms with Crippen LogP contribution in [0.5, 0.6) is 5.75 Å². The quantitative estimate of drug-likeness (QED) is 0.758. The van der Waals surface area contributed by atoms with Crippen molar-refractivity contribution in [1.29, 1.82) is 0 Å². The molecule has 1 N–H and O–H groups in total. The van der Waals surface area contributed by atoms with Crippen LogP contribution >= 0.6 is 31.9 Å². The van der Waals surface area contributed by atoms with E-state index in [9.17, 15) is 0 Å². The first-order valence-electron chi connectivity index (χ1n) is 6.42. The highest BCUT2D eigenvalue weighted by molar-refractivity contribution is 9.10. The maximum atomic E-state index is 5.39. The first kappa shape index (κ1) is 15.5. The summed E-state index contributed by atoms with van der Waals surface area (Å²) in [5, 5.41) is 3.53. The van der Waals surface area contributed by atoms with Gasteiger partial charge in [-0.25, -0.2) is 0 Å². The maximum Gasteiger partial charge on any atom is 0.123 e. The van der Waals surface area contributed by atoms with Crippen molar-refractivity contribution in [2.75, 3.05) is 7.11 Å². The molecule has 20 heavy (non-hydrogen) atoms. The van der Waals surface area contributed by atoms with E-state index in [1.807, 2.05) is 18.2 Å². The zero-order valence-corrected chi connectivity index (χ0v) is 14.7. The van der Waals surface area contributed by atoms with Crippen LogP contribution in [0.3, 0.4) is 0 Å². The lowest BCUT2D eigenvalue weighted by Gasteiger charge is -2.17. The van der Waals surface area contributed by atoms with Gasteiger partial charge in [0.2, 0.25) is 0 Å². The molecule has 0 amide bonds. The number of hydrogen-bond acceptors (Lipinski definition) is 2. The van der Waals surface area contributed by atoms with E-state index in [4.69, 9.17) is 4.74 Å². The van der Waals surface area contributed by atoms with E-state index in [1.165, 1.54) is 5.56 Å².